The van der Waals surface area contributed by atoms with Crippen molar-refractivity contribution in [3.8, 4) is 16.9 Å². The van der Waals surface area contributed by atoms with Crippen molar-refractivity contribution in [2.45, 2.75) is 20.1 Å². The fraction of sp³-hybridized carbons (Fsp3) is 0.258. The molecule has 3 aromatic carbocycles. The summed E-state index contributed by atoms with van der Waals surface area (Å²) in [6, 6.07) is 26.5. The number of hydrogen-bond acceptors (Lipinski definition) is 5. The standard InChI is InChI=1S/C31H33N5O4/c1-23-10-8-9-15-26(23)36-27(25-13-6-3-7-14-25)28(29(37)34-19-16-32-17-20-34)35(31(36)39)21-18-33-30(38)40-22-24-11-4-2-5-12-24/h2-15,32H,16-22H2,1H3,(H,33,38). The van der Waals surface area contributed by atoms with Crippen molar-refractivity contribution in [1.29, 1.82) is 0 Å². The molecule has 1 saturated heterocycles. The van der Waals surface area contributed by atoms with Gasteiger partial charge in [0.05, 0.1) is 11.4 Å². The van der Waals surface area contributed by atoms with E-state index in [1.165, 1.54) is 4.57 Å². The van der Waals surface area contributed by atoms with Crippen molar-refractivity contribution >= 4 is 12.0 Å². The summed E-state index contributed by atoms with van der Waals surface area (Å²) < 4.78 is 8.43. The van der Waals surface area contributed by atoms with Crippen LogP contribution in [0.5, 0.6) is 0 Å². The fourth-order valence-electron chi connectivity index (χ4n) is 4.93. The maximum Gasteiger partial charge on any atom is 0.407 e. The predicted molar refractivity (Wildman–Crippen MR) is 154 cm³/mol. The summed E-state index contributed by atoms with van der Waals surface area (Å²) in [5.41, 5.74) is 3.75. The number of imidazole rings is 1. The number of amides is 2. The number of carbonyl (C=O) groups is 2. The number of carbonyl (C=O) groups excluding carboxylic acids is 2. The molecule has 0 saturated carbocycles. The van der Waals surface area contributed by atoms with Crippen molar-refractivity contribution in [2.75, 3.05) is 32.7 Å². The molecule has 5 rings (SSSR count). The van der Waals surface area contributed by atoms with Crippen LogP contribution in [0.25, 0.3) is 16.9 Å². The van der Waals surface area contributed by atoms with Gasteiger partial charge in [-0.2, -0.15) is 0 Å². The first-order valence-electron chi connectivity index (χ1n) is 13.5. The zero-order valence-electron chi connectivity index (χ0n) is 22.5. The minimum absolute atomic E-state index is 0.102. The number of hydrogen-bond donors (Lipinski definition) is 2. The first-order valence-corrected chi connectivity index (χ1v) is 13.5. The van der Waals surface area contributed by atoms with E-state index in [2.05, 4.69) is 10.6 Å². The van der Waals surface area contributed by atoms with Crippen LogP contribution in [-0.4, -0.2) is 58.8 Å². The zero-order valence-corrected chi connectivity index (χ0v) is 22.5. The molecule has 2 amide bonds. The number of aromatic nitrogens is 2. The monoisotopic (exact) mass is 539 g/mol. The van der Waals surface area contributed by atoms with Gasteiger partial charge in [-0.1, -0.05) is 78.9 Å². The van der Waals surface area contributed by atoms with Gasteiger partial charge in [0.25, 0.3) is 5.91 Å². The third-order valence-electron chi connectivity index (χ3n) is 6.97. The first-order chi connectivity index (χ1) is 19.5. The van der Waals surface area contributed by atoms with Crippen molar-refractivity contribution in [1.82, 2.24) is 24.7 Å². The summed E-state index contributed by atoms with van der Waals surface area (Å²) in [6.07, 6.45) is -0.589. The van der Waals surface area contributed by atoms with Crippen LogP contribution >= 0.6 is 0 Å². The lowest BCUT2D eigenvalue weighted by molar-refractivity contribution is 0.0725. The Morgan fingerprint density at radius 1 is 0.900 bits per heavy atom. The topological polar surface area (TPSA) is 97.6 Å². The summed E-state index contributed by atoms with van der Waals surface area (Å²) in [4.78, 5) is 42.4. The molecule has 0 unspecified atom stereocenters. The SMILES string of the molecule is Cc1ccccc1-n1c(-c2ccccc2)c(C(=O)N2CCNCC2)n(CCNC(=O)OCc2ccccc2)c1=O. The van der Waals surface area contributed by atoms with Crippen LogP contribution in [0.4, 0.5) is 4.79 Å². The molecule has 1 aliphatic heterocycles. The molecule has 0 spiro atoms. The Hall–Kier alpha value is -4.63. The van der Waals surface area contributed by atoms with E-state index in [-0.39, 0.29) is 31.3 Å². The molecule has 2 heterocycles. The van der Waals surface area contributed by atoms with Gasteiger partial charge in [0.2, 0.25) is 0 Å². The van der Waals surface area contributed by atoms with E-state index in [0.29, 0.717) is 43.3 Å². The van der Waals surface area contributed by atoms with Crippen LogP contribution in [0.1, 0.15) is 21.6 Å². The largest absolute Gasteiger partial charge is 0.445 e. The van der Waals surface area contributed by atoms with Crippen molar-refractivity contribution in [3.63, 3.8) is 0 Å². The van der Waals surface area contributed by atoms with Gasteiger partial charge in [-0.15, -0.1) is 0 Å². The number of ether oxygens (including phenoxy) is 1. The van der Waals surface area contributed by atoms with Gasteiger partial charge in [0.1, 0.15) is 12.3 Å². The van der Waals surface area contributed by atoms with E-state index in [0.717, 1.165) is 16.7 Å². The van der Waals surface area contributed by atoms with Crippen LogP contribution in [0.3, 0.4) is 0 Å². The second-order valence-corrected chi connectivity index (χ2v) is 9.65. The highest BCUT2D eigenvalue weighted by molar-refractivity contribution is 5.99. The van der Waals surface area contributed by atoms with Gasteiger partial charge >= 0.3 is 11.8 Å². The lowest BCUT2D eigenvalue weighted by Gasteiger charge is -2.28. The highest BCUT2D eigenvalue weighted by atomic mass is 16.5. The normalized spacial score (nSPS) is 13.2. The number of benzene rings is 3. The van der Waals surface area contributed by atoms with Crippen LogP contribution in [-0.2, 0) is 17.9 Å². The highest BCUT2D eigenvalue weighted by Gasteiger charge is 2.31. The molecule has 0 radical (unpaired) electrons. The molecule has 4 aromatic rings. The molecular formula is C31H33N5O4. The Bertz CT molecular complexity index is 1520. The Morgan fingerprint density at radius 2 is 1.55 bits per heavy atom. The van der Waals surface area contributed by atoms with E-state index in [9.17, 15) is 14.4 Å². The number of nitrogens with zero attached hydrogens (tertiary/aromatic N) is 3. The first kappa shape index (κ1) is 27.0. The number of aryl methyl sites for hydroxylation is 1. The third-order valence-corrected chi connectivity index (χ3v) is 6.97. The van der Waals surface area contributed by atoms with Crippen molar-refractivity contribution < 1.29 is 14.3 Å². The number of alkyl carbamates (subject to hydrolysis) is 1. The van der Waals surface area contributed by atoms with E-state index in [1.807, 2.05) is 91.9 Å². The van der Waals surface area contributed by atoms with Gasteiger partial charge in [-0.3, -0.25) is 13.9 Å². The summed E-state index contributed by atoms with van der Waals surface area (Å²) in [5, 5.41) is 6.00. The van der Waals surface area contributed by atoms with Gasteiger partial charge in [0, 0.05) is 44.8 Å². The van der Waals surface area contributed by atoms with Gasteiger partial charge in [0.15, 0.2) is 0 Å². The molecule has 2 N–H and O–H groups in total. The summed E-state index contributed by atoms with van der Waals surface area (Å²) in [6.45, 7) is 4.75. The Morgan fingerprint density at radius 3 is 2.25 bits per heavy atom. The summed E-state index contributed by atoms with van der Waals surface area (Å²) in [7, 11) is 0. The van der Waals surface area contributed by atoms with Crippen LogP contribution < -0.4 is 16.3 Å². The van der Waals surface area contributed by atoms with E-state index in [1.54, 1.807) is 9.47 Å². The van der Waals surface area contributed by atoms with E-state index >= 15 is 0 Å². The van der Waals surface area contributed by atoms with Crippen LogP contribution in [0, 0.1) is 6.92 Å². The highest BCUT2D eigenvalue weighted by Crippen LogP contribution is 2.28. The van der Waals surface area contributed by atoms with Crippen LogP contribution in [0.2, 0.25) is 0 Å². The van der Waals surface area contributed by atoms with E-state index < -0.39 is 6.09 Å². The van der Waals surface area contributed by atoms with Gasteiger partial charge < -0.3 is 20.3 Å². The molecule has 9 nitrogen and oxygen atoms in total. The molecule has 1 aromatic heterocycles. The number of nitrogens with one attached hydrogen (secondary N) is 2. The fourth-order valence-corrected chi connectivity index (χ4v) is 4.93. The molecule has 1 fully saturated rings. The predicted octanol–water partition coefficient (Wildman–Crippen LogP) is 3.59. The zero-order chi connectivity index (χ0) is 27.9. The number of rotatable bonds is 8. The van der Waals surface area contributed by atoms with Crippen LogP contribution in [0.15, 0.2) is 89.7 Å². The summed E-state index contributed by atoms with van der Waals surface area (Å²) >= 11 is 0. The Labute approximate surface area is 233 Å². The van der Waals surface area contributed by atoms with Crippen molar-refractivity contribution in [2.24, 2.45) is 0 Å². The minimum atomic E-state index is -0.589. The van der Waals surface area contributed by atoms with Crippen molar-refractivity contribution in [3.05, 3.63) is 112 Å². The second-order valence-electron chi connectivity index (χ2n) is 9.65. The maximum atomic E-state index is 14.1. The smallest absolute Gasteiger partial charge is 0.407 e. The number of piperazine rings is 1. The molecule has 206 valence electrons. The molecule has 0 aliphatic carbocycles. The minimum Gasteiger partial charge on any atom is -0.445 e. The maximum absolute atomic E-state index is 14.1. The number of para-hydroxylation sites is 1. The van der Waals surface area contributed by atoms with Gasteiger partial charge in [-0.05, 0) is 24.1 Å². The molecule has 0 atom stereocenters. The Kier molecular flexibility index (Phi) is 8.41. The Balaban J connectivity index is 1.51. The quantitative estimate of drug-likeness (QED) is 0.357. The molecule has 40 heavy (non-hydrogen) atoms. The van der Waals surface area contributed by atoms with E-state index in [4.69, 9.17) is 4.74 Å². The third kappa shape index (κ3) is 5.84. The lowest BCUT2D eigenvalue weighted by Crippen LogP contribution is -2.47. The molecule has 0 bridgehead atoms. The second kappa shape index (κ2) is 12.5. The van der Waals surface area contributed by atoms with Gasteiger partial charge in [-0.25, -0.2) is 9.59 Å². The molecule has 1 aliphatic rings. The summed E-state index contributed by atoms with van der Waals surface area (Å²) in [5.74, 6) is -0.212. The average molecular weight is 540 g/mol. The molecular weight excluding hydrogens is 506 g/mol. The lowest BCUT2D eigenvalue weighted by atomic mass is 10.1. The average Bonchev–Trinajstić information content (AvgIpc) is 3.29. The molecule has 9 heteroatoms.